The van der Waals surface area contributed by atoms with Crippen LogP contribution in [-0.2, 0) is 7.05 Å². The molecular formula is C15H10F2N2OS. The largest absolute Gasteiger partial charge is 0.317 e. The van der Waals surface area contributed by atoms with E-state index in [-0.39, 0.29) is 11.4 Å². The van der Waals surface area contributed by atoms with Crippen LogP contribution in [0.1, 0.15) is 10.4 Å². The van der Waals surface area contributed by atoms with Crippen molar-refractivity contribution >= 4 is 27.5 Å². The van der Waals surface area contributed by atoms with Gasteiger partial charge in [-0.2, -0.15) is 4.99 Å². The fourth-order valence-corrected chi connectivity index (χ4v) is 3.07. The third-order valence-corrected chi connectivity index (χ3v) is 4.14. The molecule has 0 bridgehead atoms. The number of fused-ring (bicyclic) bond motifs is 1. The van der Waals surface area contributed by atoms with E-state index >= 15 is 0 Å². The van der Waals surface area contributed by atoms with Gasteiger partial charge in [0.05, 0.1) is 10.2 Å². The smallest absolute Gasteiger partial charge is 0.279 e. The molecule has 21 heavy (non-hydrogen) atoms. The molecular weight excluding hydrogens is 294 g/mol. The van der Waals surface area contributed by atoms with Crippen LogP contribution in [0, 0.1) is 11.6 Å². The summed E-state index contributed by atoms with van der Waals surface area (Å²) < 4.78 is 29.1. The number of hydrogen-bond acceptors (Lipinski definition) is 2. The summed E-state index contributed by atoms with van der Waals surface area (Å²) in [5.74, 6) is -1.43. The summed E-state index contributed by atoms with van der Waals surface area (Å²) in [6, 6.07) is 10.0. The summed E-state index contributed by atoms with van der Waals surface area (Å²) in [5, 5.41) is 0. The molecule has 3 aromatic rings. The summed E-state index contributed by atoms with van der Waals surface area (Å²) in [6.07, 6.45) is 0. The van der Waals surface area contributed by atoms with E-state index in [0.29, 0.717) is 15.0 Å². The number of para-hydroxylation sites is 1. The first-order valence-electron chi connectivity index (χ1n) is 6.15. The maximum Gasteiger partial charge on any atom is 0.279 e. The Morgan fingerprint density at radius 2 is 1.95 bits per heavy atom. The molecule has 0 saturated carbocycles. The molecule has 106 valence electrons. The number of carbonyl (C=O) groups excluding carboxylic acids is 1. The maximum atomic E-state index is 13.8. The fraction of sp³-hybridized carbons (Fsp3) is 0.0667. The van der Waals surface area contributed by atoms with Crippen LogP contribution < -0.4 is 4.80 Å². The molecule has 0 atom stereocenters. The van der Waals surface area contributed by atoms with Gasteiger partial charge in [0.2, 0.25) is 0 Å². The Morgan fingerprint density at radius 1 is 1.19 bits per heavy atom. The van der Waals surface area contributed by atoms with Gasteiger partial charge in [0.1, 0.15) is 11.6 Å². The zero-order valence-corrected chi connectivity index (χ0v) is 11.8. The van der Waals surface area contributed by atoms with Crippen molar-refractivity contribution in [3.8, 4) is 0 Å². The molecule has 0 radical (unpaired) electrons. The van der Waals surface area contributed by atoms with Gasteiger partial charge in [0.15, 0.2) is 4.80 Å². The second kappa shape index (κ2) is 5.21. The van der Waals surface area contributed by atoms with Gasteiger partial charge in [-0.3, -0.25) is 4.79 Å². The standard InChI is InChI=1S/C15H10F2N2OS/c1-19-13-11(17)6-3-7-12(13)21-15(19)18-14(20)9-4-2-5-10(16)8-9/h2-8H,1H3. The van der Waals surface area contributed by atoms with E-state index in [0.717, 1.165) is 6.07 Å². The molecule has 2 aromatic carbocycles. The van der Waals surface area contributed by atoms with Gasteiger partial charge in [-0.15, -0.1) is 0 Å². The number of nitrogens with zero attached hydrogens (tertiary/aromatic N) is 2. The Bertz CT molecular complexity index is 911. The van der Waals surface area contributed by atoms with Crippen molar-refractivity contribution in [2.75, 3.05) is 0 Å². The minimum absolute atomic E-state index is 0.160. The number of benzene rings is 2. The van der Waals surface area contributed by atoms with Crippen molar-refractivity contribution in [1.29, 1.82) is 0 Å². The third kappa shape index (κ3) is 2.50. The molecule has 0 aliphatic heterocycles. The van der Waals surface area contributed by atoms with Gasteiger partial charge in [-0.25, -0.2) is 8.78 Å². The van der Waals surface area contributed by atoms with Crippen LogP contribution in [0.25, 0.3) is 10.2 Å². The average molecular weight is 304 g/mol. The molecule has 0 aliphatic carbocycles. The van der Waals surface area contributed by atoms with Crippen LogP contribution in [0.5, 0.6) is 0 Å². The Hall–Kier alpha value is -2.34. The Balaban J connectivity index is 2.14. The SMILES string of the molecule is Cn1c(=NC(=O)c2cccc(F)c2)sc2cccc(F)c21. The highest BCUT2D eigenvalue weighted by Crippen LogP contribution is 2.19. The number of aryl methyl sites for hydroxylation is 1. The van der Waals surface area contributed by atoms with E-state index in [9.17, 15) is 13.6 Å². The number of aromatic nitrogens is 1. The van der Waals surface area contributed by atoms with Crippen LogP contribution in [0.15, 0.2) is 47.5 Å². The molecule has 1 aromatic heterocycles. The topological polar surface area (TPSA) is 34.4 Å². The van der Waals surface area contributed by atoms with Gasteiger partial charge >= 0.3 is 0 Å². The van der Waals surface area contributed by atoms with E-state index in [1.54, 1.807) is 19.2 Å². The Kier molecular flexibility index (Phi) is 3.39. The highest BCUT2D eigenvalue weighted by molar-refractivity contribution is 7.16. The summed E-state index contributed by atoms with van der Waals surface area (Å²) >= 11 is 1.21. The van der Waals surface area contributed by atoms with Gasteiger partial charge in [-0.05, 0) is 30.3 Å². The number of halogens is 2. The van der Waals surface area contributed by atoms with Gasteiger partial charge in [0, 0.05) is 12.6 Å². The first kappa shape index (κ1) is 13.6. The molecule has 0 spiro atoms. The average Bonchev–Trinajstić information content (AvgIpc) is 2.77. The lowest BCUT2D eigenvalue weighted by Crippen LogP contribution is -2.13. The van der Waals surface area contributed by atoms with Crippen LogP contribution in [0.2, 0.25) is 0 Å². The fourth-order valence-electron chi connectivity index (χ4n) is 2.04. The van der Waals surface area contributed by atoms with Crippen molar-refractivity contribution in [2.24, 2.45) is 12.0 Å². The van der Waals surface area contributed by atoms with Crippen molar-refractivity contribution in [3.05, 3.63) is 64.5 Å². The maximum absolute atomic E-state index is 13.8. The third-order valence-electron chi connectivity index (χ3n) is 3.04. The minimum atomic E-state index is -0.558. The second-order valence-electron chi connectivity index (χ2n) is 4.46. The monoisotopic (exact) mass is 304 g/mol. The van der Waals surface area contributed by atoms with Gasteiger partial charge in [0.25, 0.3) is 5.91 Å². The van der Waals surface area contributed by atoms with Crippen molar-refractivity contribution in [2.45, 2.75) is 0 Å². The lowest BCUT2D eigenvalue weighted by Gasteiger charge is -1.97. The quantitative estimate of drug-likeness (QED) is 0.679. The second-order valence-corrected chi connectivity index (χ2v) is 5.47. The van der Waals surface area contributed by atoms with E-state index in [4.69, 9.17) is 0 Å². The lowest BCUT2D eigenvalue weighted by atomic mass is 10.2. The number of amides is 1. The lowest BCUT2D eigenvalue weighted by molar-refractivity contribution is 0.0997. The number of rotatable bonds is 1. The molecule has 0 fully saturated rings. The summed E-state index contributed by atoms with van der Waals surface area (Å²) in [6.45, 7) is 0. The van der Waals surface area contributed by atoms with Crippen LogP contribution in [0.4, 0.5) is 8.78 Å². The molecule has 1 amide bonds. The van der Waals surface area contributed by atoms with Gasteiger partial charge in [-0.1, -0.05) is 23.5 Å². The molecule has 0 N–H and O–H groups in total. The van der Waals surface area contributed by atoms with Crippen LogP contribution in [-0.4, -0.2) is 10.5 Å². The summed E-state index contributed by atoms with van der Waals surface area (Å²) in [4.78, 5) is 16.4. The van der Waals surface area contributed by atoms with Crippen LogP contribution >= 0.6 is 11.3 Å². The zero-order valence-electron chi connectivity index (χ0n) is 11.0. The molecule has 0 saturated heterocycles. The molecule has 3 nitrogen and oxygen atoms in total. The molecule has 6 heteroatoms. The van der Waals surface area contributed by atoms with E-state index in [2.05, 4.69) is 4.99 Å². The van der Waals surface area contributed by atoms with Crippen molar-refractivity contribution < 1.29 is 13.6 Å². The predicted molar refractivity (Wildman–Crippen MR) is 77.0 cm³/mol. The Labute approximate surface area is 122 Å². The minimum Gasteiger partial charge on any atom is -0.317 e. The first-order valence-corrected chi connectivity index (χ1v) is 6.96. The summed E-state index contributed by atoms with van der Waals surface area (Å²) in [5.41, 5.74) is 0.557. The predicted octanol–water partition coefficient (Wildman–Crippen LogP) is 3.26. The molecule has 1 heterocycles. The number of thiazole rings is 1. The molecule has 3 rings (SSSR count). The zero-order chi connectivity index (χ0) is 15.0. The van der Waals surface area contributed by atoms with E-state index in [1.807, 2.05) is 0 Å². The molecule has 0 aliphatic rings. The van der Waals surface area contributed by atoms with E-state index in [1.165, 1.54) is 40.2 Å². The normalized spacial score (nSPS) is 12.0. The highest BCUT2D eigenvalue weighted by atomic mass is 32.1. The van der Waals surface area contributed by atoms with E-state index < -0.39 is 11.7 Å². The van der Waals surface area contributed by atoms with Crippen molar-refractivity contribution in [1.82, 2.24) is 4.57 Å². The Morgan fingerprint density at radius 3 is 2.67 bits per heavy atom. The van der Waals surface area contributed by atoms with Gasteiger partial charge < -0.3 is 4.57 Å². The summed E-state index contributed by atoms with van der Waals surface area (Å²) in [7, 11) is 1.64. The number of hydrogen-bond donors (Lipinski definition) is 0. The number of carbonyl (C=O) groups is 1. The molecule has 0 unspecified atom stereocenters. The van der Waals surface area contributed by atoms with Crippen LogP contribution in [0.3, 0.4) is 0 Å². The first-order chi connectivity index (χ1) is 10.1. The van der Waals surface area contributed by atoms with Crippen molar-refractivity contribution in [3.63, 3.8) is 0 Å². The highest BCUT2D eigenvalue weighted by Gasteiger charge is 2.10.